The first-order chi connectivity index (χ1) is 11.1. The van der Waals surface area contributed by atoms with Crippen LogP contribution in [0, 0.1) is 5.92 Å². The molecule has 2 aromatic rings. The van der Waals surface area contributed by atoms with Crippen LogP contribution in [0.25, 0.3) is 11.2 Å². The Labute approximate surface area is 136 Å². The van der Waals surface area contributed by atoms with Crippen LogP contribution in [0.15, 0.2) is 12.7 Å². The lowest BCUT2D eigenvalue weighted by molar-refractivity contribution is -0.117. The number of carbonyl (C=O) groups is 2. The number of nitrogens with zero attached hydrogens (tertiary/aromatic N) is 5. The number of fused-ring (bicyclic) bond motifs is 1. The van der Waals surface area contributed by atoms with E-state index >= 15 is 0 Å². The fourth-order valence-corrected chi connectivity index (χ4v) is 3.36. The van der Waals surface area contributed by atoms with Crippen LogP contribution in [0.2, 0.25) is 0 Å². The van der Waals surface area contributed by atoms with Crippen molar-refractivity contribution in [2.24, 2.45) is 5.92 Å². The predicted octanol–water partition coefficient (Wildman–Crippen LogP) is 0.451. The van der Waals surface area contributed by atoms with Crippen LogP contribution in [-0.2, 0) is 16.1 Å². The van der Waals surface area contributed by atoms with Gasteiger partial charge in [0.25, 0.3) is 0 Å². The van der Waals surface area contributed by atoms with E-state index in [0.717, 1.165) is 0 Å². The number of hydrogen-bond acceptors (Lipinski definition) is 7. The van der Waals surface area contributed by atoms with Crippen molar-refractivity contribution in [1.82, 2.24) is 19.5 Å². The van der Waals surface area contributed by atoms with Crippen LogP contribution >= 0.6 is 11.8 Å². The standard InChI is InChI=1S/C14H17N5O3S/c1-9(21)23-6-10-4-11(22)19(5-10)14-12-13(15-7-16-14)18(2-3-20)8-17-12/h7-8,10,20H,2-6H2,1H3. The Morgan fingerprint density at radius 1 is 1.43 bits per heavy atom. The van der Waals surface area contributed by atoms with Crippen LogP contribution in [0.4, 0.5) is 5.82 Å². The summed E-state index contributed by atoms with van der Waals surface area (Å²) in [5.74, 6) is 1.23. The Morgan fingerprint density at radius 2 is 2.26 bits per heavy atom. The molecule has 0 spiro atoms. The van der Waals surface area contributed by atoms with Gasteiger partial charge in [0.05, 0.1) is 12.9 Å². The van der Waals surface area contributed by atoms with Crippen molar-refractivity contribution in [3.05, 3.63) is 12.7 Å². The minimum atomic E-state index is -0.0177. The van der Waals surface area contributed by atoms with Gasteiger partial charge in [-0.25, -0.2) is 15.0 Å². The number of rotatable bonds is 5. The number of aromatic nitrogens is 4. The van der Waals surface area contributed by atoms with Crippen LogP contribution in [0.1, 0.15) is 13.3 Å². The number of hydrogen-bond donors (Lipinski definition) is 1. The summed E-state index contributed by atoms with van der Waals surface area (Å²) in [5.41, 5.74) is 1.15. The summed E-state index contributed by atoms with van der Waals surface area (Å²) in [4.78, 5) is 37.7. The molecule has 1 amide bonds. The van der Waals surface area contributed by atoms with Gasteiger partial charge in [0.15, 0.2) is 22.1 Å². The molecule has 3 heterocycles. The Morgan fingerprint density at radius 3 is 3.00 bits per heavy atom. The maximum absolute atomic E-state index is 12.3. The molecule has 1 N–H and O–H groups in total. The molecule has 0 bridgehead atoms. The van der Waals surface area contributed by atoms with Crippen molar-refractivity contribution in [2.75, 3.05) is 23.8 Å². The first-order valence-corrected chi connectivity index (χ1v) is 8.29. The third kappa shape index (κ3) is 3.20. The summed E-state index contributed by atoms with van der Waals surface area (Å²) < 4.78 is 1.73. The smallest absolute Gasteiger partial charge is 0.228 e. The average Bonchev–Trinajstić information content (AvgIpc) is 3.09. The summed E-state index contributed by atoms with van der Waals surface area (Å²) in [6.45, 7) is 2.43. The highest BCUT2D eigenvalue weighted by Crippen LogP contribution is 2.29. The van der Waals surface area contributed by atoms with Crippen molar-refractivity contribution < 1.29 is 14.7 Å². The van der Waals surface area contributed by atoms with E-state index in [-0.39, 0.29) is 23.5 Å². The number of thioether (sulfide) groups is 1. The topological polar surface area (TPSA) is 101 Å². The SMILES string of the molecule is CC(=O)SCC1CC(=O)N(c2ncnc3c2ncn3CCO)C1. The van der Waals surface area contributed by atoms with Gasteiger partial charge in [-0.3, -0.25) is 14.5 Å². The number of carbonyl (C=O) groups excluding carboxylic acids is 2. The van der Waals surface area contributed by atoms with E-state index in [1.165, 1.54) is 25.0 Å². The van der Waals surface area contributed by atoms with E-state index in [2.05, 4.69) is 15.0 Å². The van der Waals surface area contributed by atoms with Crippen molar-refractivity contribution >= 4 is 39.8 Å². The largest absolute Gasteiger partial charge is 0.395 e. The molecule has 1 atom stereocenters. The molecule has 0 saturated carbocycles. The minimum Gasteiger partial charge on any atom is -0.395 e. The van der Waals surface area contributed by atoms with E-state index in [4.69, 9.17) is 5.11 Å². The molecule has 0 aromatic carbocycles. The number of aliphatic hydroxyl groups is 1. The first kappa shape index (κ1) is 15.9. The second-order valence-electron chi connectivity index (χ2n) is 5.41. The van der Waals surface area contributed by atoms with Gasteiger partial charge in [-0.15, -0.1) is 0 Å². The summed E-state index contributed by atoms with van der Waals surface area (Å²) in [6, 6.07) is 0. The average molecular weight is 335 g/mol. The molecule has 122 valence electrons. The van der Waals surface area contributed by atoms with E-state index in [9.17, 15) is 9.59 Å². The molecule has 1 saturated heterocycles. The van der Waals surface area contributed by atoms with Crippen molar-refractivity contribution in [3.63, 3.8) is 0 Å². The Kier molecular flexibility index (Phi) is 4.58. The molecule has 9 heteroatoms. The molecule has 1 fully saturated rings. The molecule has 0 aliphatic carbocycles. The van der Waals surface area contributed by atoms with E-state index in [1.54, 1.807) is 15.8 Å². The van der Waals surface area contributed by atoms with E-state index in [1.807, 2.05) is 0 Å². The van der Waals surface area contributed by atoms with Gasteiger partial charge in [-0.1, -0.05) is 11.8 Å². The molecule has 3 rings (SSSR count). The Hall–Kier alpha value is -2.00. The first-order valence-electron chi connectivity index (χ1n) is 7.30. The second-order valence-corrected chi connectivity index (χ2v) is 6.61. The quantitative estimate of drug-likeness (QED) is 0.846. The fourth-order valence-electron chi connectivity index (χ4n) is 2.67. The highest BCUT2D eigenvalue weighted by atomic mass is 32.2. The molecule has 2 aromatic heterocycles. The highest BCUT2D eigenvalue weighted by Gasteiger charge is 2.33. The lowest BCUT2D eigenvalue weighted by atomic mass is 10.1. The van der Waals surface area contributed by atoms with Gasteiger partial charge in [0.2, 0.25) is 5.91 Å². The second kappa shape index (κ2) is 6.63. The number of amides is 1. The third-order valence-electron chi connectivity index (χ3n) is 3.71. The summed E-state index contributed by atoms with van der Waals surface area (Å²) in [6.07, 6.45) is 3.39. The van der Waals surface area contributed by atoms with Gasteiger partial charge >= 0.3 is 0 Å². The zero-order chi connectivity index (χ0) is 16.4. The van der Waals surface area contributed by atoms with Gasteiger partial charge in [-0.2, -0.15) is 0 Å². The molecular weight excluding hydrogens is 318 g/mol. The van der Waals surface area contributed by atoms with Crippen molar-refractivity contribution in [2.45, 2.75) is 19.9 Å². The molecule has 1 aliphatic heterocycles. The van der Waals surface area contributed by atoms with Crippen molar-refractivity contribution in [1.29, 1.82) is 0 Å². The Balaban J connectivity index is 1.85. The summed E-state index contributed by atoms with van der Waals surface area (Å²) in [7, 11) is 0. The molecular formula is C14H17N5O3S. The van der Waals surface area contributed by atoms with Crippen LogP contribution in [0.3, 0.4) is 0 Å². The third-order valence-corrected chi connectivity index (χ3v) is 4.75. The lowest BCUT2D eigenvalue weighted by Crippen LogP contribution is -2.26. The zero-order valence-corrected chi connectivity index (χ0v) is 13.5. The lowest BCUT2D eigenvalue weighted by Gasteiger charge is -2.15. The van der Waals surface area contributed by atoms with Gasteiger partial charge in [-0.05, 0) is 5.92 Å². The maximum atomic E-state index is 12.3. The van der Waals surface area contributed by atoms with Gasteiger partial charge in [0.1, 0.15) is 6.33 Å². The number of aliphatic hydroxyl groups excluding tert-OH is 1. The zero-order valence-electron chi connectivity index (χ0n) is 12.7. The molecule has 0 radical (unpaired) electrons. The normalized spacial score (nSPS) is 18.1. The highest BCUT2D eigenvalue weighted by molar-refractivity contribution is 8.13. The van der Waals surface area contributed by atoms with Crippen LogP contribution < -0.4 is 4.90 Å². The monoisotopic (exact) mass is 335 g/mol. The van der Waals surface area contributed by atoms with Gasteiger partial charge in [0, 0.05) is 32.2 Å². The van der Waals surface area contributed by atoms with Gasteiger partial charge < -0.3 is 9.67 Å². The minimum absolute atomic E-state index is 0.0161. The van der Waals surface area contributed by atoms with Crippen LogP contribution in [0.5, 0.6) is 0 Å². The maximum Gasteiger partial charge on any atom is 0.228 e. The van der Waals surface area contributed by atoms with Crippen molar-refractivity contribution in [3.8, 4) is 0 Å². The van der Waals surface area contributed by atoms with E-state index in [0.29, 0.717) is 42.2 Å². The molecule has 8 nitrogen and oxygen atoms in total. The Bertz CT molecular complexity index is 747. The molecule has 1 aliphatic rings. The molecule has 1 unspecified atom stereocenters. The predicted molar refractivity (Wildman–Crippen MR) is 86.0 cm³/mol. The number of imidazole rings is 1. The summed E-state index contributed by atoms with van der Waals surface area (Å²) in [5, 5.41) is 9.13. The summed E-state index contributed by atoms with van der Waals surface area (Å²) >= 11 is 1.24. The van der Waals surface area contributed by atoms with Crippen LogP contribution in [-0.4, -0.2) is 54.6 Å². The van der Waals surface area contributed by atoms with E-state index < -0.39 is 0 Å². The number of anilines is 1. The fraction of sp³-hybridized carbons (Fsp3) is 0.500. The molecule has 23 heavy (non-hydrogen) atoms.